The fourth-order valence-electron chi connectivity index (χ4n) is 6.35. The van der Waals surface area contributed by atoms with Crippen LogP contribution in [0.5, 0.6) is 5.75 Å². The standard InChI is InChI=1S/C37H43N3O7/c1-37(2,3)47-36(44)40-30-16-10-8-14-27(30)21-31(40)35(43)38(19-18-25-12-9-11-17-32(25)45-4)24-33(41)39-23-28-15-7-6-13-26(28)20-29(39)22-34(42)46-5/h6-17,29,31H,18-24H2,1-5H3/t29?,31-/m1/s1. The van der Waals surface area contributed by atoms with Crippen molar-refractivity contribution < 1.29 is 33.4 Å². The third-order valence-corrected chi connectivity index (χ3v) is 8.64. The van der Waals surface area contributed by atoms with Crippen LogP contribution in [-0.2, 0) is 49.7 Å². The van der Waals surface area contributed by atoms with Crippen LogP contribution in [0, 0.1) is 0 Å². The van der Waals surface area contributed by atoms with Gasteiger partial charge in [-0.15, -0.1) is 0 Å². The van der Waals surface area contributed by atoms with Gasteiger partial charge in [0.1, 0.15) is 17.4 Å². The highest BCUT2D eigenvalue weighted by atomic mass is 16.6. The van der Waals surface area contributed by atoms with Crippen molar-refractivity contribution in [2.24, 2.45) is 0 Å². The average molecular weight is 642 g/mol. The summed E-state index contributed by atoms with van der Waals surface area (Å²) in [5.74, 6) is -0.382. The number of benzene rings is 3. The van der Waals surface area contributed by atoms with Crippen LogP contribution >= 0.6 is 0 Å². The van der Waals surface area contributed by atoms with Crippen molar-refractivity contribution in [1.82, 2.24) is 9.80 Å². The molecule has 0 N–H and O–H groups in total. The van der Waals surface area contributed by atoms with Crippen molar-refractivity contribution in [2.45, 2.75) is 70.7 Å². The van der Waals surface area contributed by atoms with E-state index >= 15 is 0 Å². The van der Waals surface area contributed by atoms with Gasteiger partial charge in [-0.05, 0) is 68.0 Å². The molecular formula is C37H43N3O7. The average Bonchev–Trinajstić information content (AvgIpc) is 3.45. The zero-order valence-electron chi connectivity index (χ0n) is 27.7. The van der Waals surface area contributed by atoms with Crippen molar-refractivity contribution in [3.05, 3.63) is 95.1 Å². The van der Waals surface area contributed by atoms with Crippen LogP contribution in [0.15, 0.2) is 72.8 Å². The Balaban J connectivity index is 1.46. The van der Waals surface area contributed by atoms with Crippen LogP contribution in [0.25, 0.3) is 0 Å². The normalized spacial score (nSPS) is 17.0. The molecule has 3 aromatic rings. The summed E-state index contributed by atoms with van der Waals surface area (Å²) in [6.45, 7) is 5.62. The van der Waals surface area contributed by atoms with E-state index < -0.39 is 29.7 Å². The Morgan fingerprint density at radius 1 is 0.851 bits per heavy atom. The maximum atomic E-state index is 14.6. The second-order valence-corrected chi connectivity index (χ2v) is 12.9. The third-order valence-electron chi connectivity index (χ3n) is 8.64. The lowest BCUT2D eigenvalue weighted by atomic mass is 9.92. The first-order chi connectivity index (χ1) is 22.5. The number of hydrogen-bond donors (Lipinski definition) is 0. The van der Waals surface area contributed by atoms with E-state index in [9.17, 15) is 19.2 Å². The predicted octanol–water partition coefficient (Wildman–Crippen LogP) is 4.95. The van der Waals surface area contributed by atoms with Crippen LogP contribution in [-0.4, -0.2) is 78.7 Å². The number of fused-ring (bicyclic) bond motifs is 2. The van der Waals surface area contributed by atoms with Gasteiger partial charge in [-0.2, -0.15) is 0 Å². The number of anilines is 1. The van der Waals surface area contributed by atoms with E-state index in [2.05, 4.69) is 0 Å². The first kappa shape index (κ1) is 33.5. The molecule has 0 spiro atoms. The van der Waals surface area contributed by atoms with Gasteiger partial charge in [0.25, 0.3) is 0 Å². The fourth-order valence-corrected chi connectivity index (χ4v) is 6.35. The van der Waals surface area contributed by atoms with Crippen molar-refractivity contribution in [2.75, 3.05) is 32.2 Å². The van der Waals surface area contributed by atoms with Crippen molar-refractivity contribution in [3.8, 4) is 5.75 Å². The SMILES string of the molecule is COC(=O)CC1Cc2ccccc2CN1C(=O)CN(CCc1ccccc1OC)C(=O)[C@H]1Cc2ccccc2N1C(=O)OC(C)(C)C. The smallest absolute Gasteiger partial charge is 0.415 e. The number of hydrogen-bond acceptors (Lipinski definition) is 7. The predicted molar refractivity (Wildman–Crippen MR) is 177 cm³/mol. The Morgan fingerprint density at radius 2 is 1.51 bits per heavy atom. The molecule has 0 aromatic heterocycles. The van der Waals surface area contributed by atoms with Crippen molar-refractivity contribution in [3.63, 3.8) is 0 Å². The van der Waals surface area contributed by atoms with E-state index in [1.165, 1.54) is 16.9 Å². The van der Waals surface area contributed by atoms with E-state index in [-0.39, 0.29) is 37.7 Å². The second-order valence-electron chi connectivity index (χ2n) is 12.9. The lowest BCUT2D eigenvalue weighted by molar-refractivity contribution is -0.147. The van der Waals surface area contributed by atoms with E-state index in [1.807, 2.05) is 66.7 Å². The molecule has 10 heteroatoms. The Labute approximate surface area is 276 Å². The van der Waals surface area contributed by atoms with E-state index in [0.29, 0.717) is 30.8 Å². The molecule has 47 heavy (non-hydrogen) atoms. The van der Waals surface area contributed by atoms with E-state index in [1.54, 1.807) is 38.8 Å². The number of carbonyl (C=O) groups excluding carboxylic acids is 4. The molecule has 0 radical (unpaired) electrons. The molecule has 5 rings (SSSR count). The summed E-state index contributed by atoms with van der Waals surface area (Å²) < 4.78 is 16.3. The number of nitrogens with zero attached hydrogens (tertiary/aromatic N) is 3. The first-order valence-corrected chi connectivity index (χ1v) is 15.9. The van der Waals surface area contributed by atoms with Gasteiger partial charge in [0.15, 0.2) is 0 Å². The minimum atomic E-state index is -0.902. The molecular weight excluding hydrogens is 598 g/mol. The van der Waals surface area contributed by atoms with E-state index in [0.717, 1.165) is 22.3 Å². The third kappa shape index (κ3) is 7.76. The van der Waals surface area contributed by atoms with Gasteiger partial charge in [0.2, 0.25) is 11.8 Å². The molecule has 2 heterocycles. The maximum absolute atomic E-state index is 14.6. The highest BCUT2D eigenvalue weighted by Crippen LogP contribution is 2.35. The molecule has 2 aliphatic rings. The first-order valence-electron chi connectivity index (χ1n) is 15.9. The maximum Gasteiger partial charge on any atom is 0.415 e. The number of rotatable bonds is 9. The lowest BCUT2D eigenvalue weighted by Gasteiger charge is -2.38. The van der Waals surface area contributed by atoms with Gasteiger partial charge in [0.05, 0.1) is 32.9 Å². The summed E-state index contributed by atoms with van der Waals surface area (Å²) in [7, 11) is 2.93. The summed E-state index contributed by atoms with van der Waals surface area (Å²) >= 11 is 0. The fraction of sp³-hybridized carbons (Fsp3) is 0.405. The van der Waals surface area contributed by atoms with E-state index in [4.69, 9.17) is 14.2 Å². The van der Waals surface area contributed by atoms with Crippen molar-refractivity contribution in [1.29, 1.82) is 0 Å². The summed E-state index contributed by atoms with van der Waals surface area (Å²) in [5, 5.41) is 0. The molecule has 0 aliphatic carbocycles. The van der Waals surface area contributed by atoms with Gasteiger partial charge in [-0.1, -0.05) is 60.7 Å². The van der Waals surface area contributed by atoms with Crippen LogP contribution in [0.4, 0.5) is 10.5 Å². The molecule has 2 aliphatic heterocycles. The van der Waals surface area contributed by atoms with Gasteiger partial charge >= 0.3 is 12.1 Å². The summed E-state index contributed by atoms with van der Waals surface area (Å²) in [4.78, 5) is 59.4. The molecule has 3 aromatic carbocycles. The van der Waals surface area contributed by atoms with Crippen LogP contribution < -0.4 is 9.64 Å². The zero-order valence-corrected chi connectivity index (χ0v) is 27.7. The summed E-state index contributed by atoms with van der Waals surface area (Å²) in [6.07, 6.45) is 0.619. The minimum absolute atomic E-state index is 0.0378. The number of methoxy groups -OCH3 is 2. The number of amides is 3. The highest BCUT2D eigenvalue weighted by molar-refractivity contribution is 6.01. The number of carbonyl (C=O) groups is 4. The second kappa shape index (κ2) is 14.3. The van der Waals surface area contributed by atoms with Gasteiger partial charge in [-0.25, -0.2) is 4.79 Å². The molecule has 0 bridgehead atoms. The zero-order chi connectivity index (χ0) is 33.7. The topological polar surface area (TPSA) is 106 Å². The van der Waals surface area contributed by atoms with Gasteiger partial charge in [-0.3, -0.25) is 19.3 Å². The Morgan fingerprint density at radius 3 is 2.21 bits per heavy atom. The quantitative estimate of drug-likeness (QED) is 0.305. The van der Waals surface area contributed by atoms with Gasteiger partial charge in [0, 0.05) is 25.6 Å². The van der Waals surface area contributed by atoms with Crippen LogP contribution in [0.2, 0.25) is 0 Å². The number of ether oxygens (including phenoxy) is 3. The molecule has 10 nitrogen and oxygen atoms in total. The minimum Gasteiger partial charge on any atom is -0.496 e. The highest BCUT2D eigenvalue weighted by Gasteiger charge is 2.43. The lowest BCUT2D eigenvalue weighted by Crippen LogP contribution is -2.55. The number of esters is 1. The Hall–Kier alpha value is -4.86. The molecule has 0 saturated carbocycles. The van der Waals surface area contributed by atoms with Crippen LogP contribution in [0.1, 0.15) is 49.4 Å². The summed E-state index contributed by atoms with van der Waals surface area (Å²) in [5.41, 5.74) is 3.64. The molecule has 2 atom stereocenters. The van der Waals surface area contributed by atoms with Crippen molar-refractivity contribution >= 4 is 29.6 Å². The molecule has 248 valence electrons. The van der Waals surface area contributed by atoms with Crippen LogP contribution in [0.3, 0.4) is 0 Å². The summed E-state index contributed by atoms with van der Waals surface area (Å²) in [6, 6.07) is 21.5. The molecule has 0 fully saturated rings. The molecule has 3 amide bonds. The monoisotopic (exact) mass is 641 g/mol. The molecule has 0 saturated heterocycles. The Kier molecular flexibility index (Phi) is 10.2. The molecule has 1 unspecified atom stereocenters. The number of para-hydroxylation sites is 2. The Bertz CT molecular complexity index is 1630. The largest absolute Gasteiger partial charge is 0.496 e. The van der Waals surface area contributed by atoms with Gasteiger partial charge < -0.3 is 24.0 Å².